The summed E-state index contributed by atoms with van der Waals surface area (Å²) >= 11 is -2.17. The van der Waals surface area contributed by atoms with Crippen molar-refractivity contribution in [3.8, 4) is 5.75 Å². The van der Waals surface area contributed by atoms with E-state index in [1.807, 2.05) is 6.07 Å². The summed E-state index contributed by atoms with van der Waals surface area (Å²) in [5.41, 5.74) is 6.86. The summed E-state index contributed by atoms with van der Waals surface area (Å²) in [6, 6.07) is 5.25. The molecule has 114 valence electrons. The average molecular weight is 325 g/mol. The summed E-state index contributed by atoms with van der Waals surface area (Å²) in [5.74, 6) is 0.604. The van der Waals surface area contributed by atoms with Crippen LogP contribution in [0.5, 0.6) is 5.75 Å². The molecule has 1 heterocycles. The van der Waals surface area contributed by atoms with Crippen LogP contribution in [-0.4, -0.2) is 55.1 Å². The van der Waals surface area contributed by atoms with Gasteiger partial charge in [-0.25, -0.2) is 4.21 Å². The smallest absolute Gasteiger partial charge is 0.259 e. The summed E-state index contributed by atoms with van der Waals surface area (Å²) in [6.45, 7) is 1.98. The first-order chi connectivity index (χ1) is 9.97. The van der Waals surface area contributed by atoms with Gasteiger partial charge in [0.1, 0.15) is 11.9 Å². The van der Waals surface area contributed by atoms with Crippen LogP contribution in [0.2, 0.25) is 0 Å². The summed E-state index contributed by atoms with van der Waals surface area (Å²) in [6.07, 6.45) is 2.02. The summed E-state index contributed by atoms with van der Waals surface area (Å²) in [5, 5.41) is 0.353. The number of hydrogen-bond donors (Lipinski definition) is 3. The maximum absolute atomic E-state index is 11.0. The fourth-order valence-electron chi connectivity index (χ4n) is 2.37. The van der Waals surface area contributed by atoms with E-state index in [0.29, 0.717) is 22.3 Å². The van der Waals surface area contributed by atoms with Crippen LogP contribution in [0.25, 0.3) is 0 Å². The van der Waals surface area contributed by atoms with Crippen molar-refractivity contribution in [2.45, 2.75) is 18.9 Å². The molecule has 1 aliphatic rings. The van der Waals surface area contributed by atoms with Crippen molar-refractivity contribution < 1.29 is 13.5 Å². The quantitative estimate of drug-likeness (QED) is 0.536. The lowest BCUT2D eigenvalue weighted by Crippen LogP contribution is -2.36. The Hall–Kier alpha value is -1.22. The van der Waals surface area contributed by atoms with Crippen molar-refractivity contribution in [2.24, 2.45) is 5.73 Å². The maximum atomic E-state index is 11.0. The molecule has 1 saturated heterocycles. The molecule has 4 N–H and O–H groups in total. The molecular weight excluding hydrogens is 306 g/mol. The molecule has 0 aliphatic carbocycles. The molecule has 0 bridgehead atoms. The number of hydrogen-bond acceptors (Lipinski definition) is 4. The highest BCUT2D eigenvalue weighted by atomic mass is 32.2. The van der Waals surface area contributed by atoms with Crippen molar-refractivity contribution in [1.82, 2.24) is 4.90 Å². The van der Waals surface area contributed by atoms with E-state index in [1.54, 1.807) is 12.1 Å². The second-order valence-electron chi connectivity index (χ2n) is 5.06. The molecular formula is C13H19N3O3SSi. The van der Waals surface area contributed by atoms with E-state index in [1.165, 1.54) is 0 Å². The molecule has 0 amide bonds. The van der Waals surface area contributed by atoms with Crippen LogP contribution in [0.3, 0.4) is 0 Å². The van der Waals surface area contributed by atoms with Gasteiger partial charge in [0.15, 0.2) is 0 Å². The molecule has 0 saturated carbocycles. The van der Waals surface area contributed by atoms with Crippen molar-refractivity contribution in [2.75, 3.05) is 24.9 Å². The molecule has 6 nitrogen and oxygen atoms in total. The van der Waals surface area contributed by atoms with Gasteiger partial charge in [-0.1, -0.05) is 6.07 Å². The second kappa shape index (κ2) is 7.17. The van der Waals surface area contributed by atoms with Crippen molar-refractivity contribution in [1.29, 1.82) is 0 Å². The van der Waals surface area contributed by atoms with Crippen LogP contribution >= 0.6 is 0 Å². The average Bonchev–Trinajstić information content (AvgIpc) is 2.40. The first-order valence-electron chi connectivity index (χ1n) is 6.67. The number of nitrogens with two attached hydrogens (primary N) is 1. The second-order valence-corrected chi connectivity index (χ2v) is 6.31. The molecule has 1 fully saturated rings. The van der Waals surface area contributed by atoms with E-state index < -0.39 is 11.3 Å². The van der Waals surface area contributed by atoms with Crippen molar-refractivity contribution >= 4 is 32.1 Å². The molecule has 21 heavy (non-hydrogen) atoms. The fourth-order valence-corrected chi connectivity index (χ4v) is 2.98. The van der Waals surface area contributed by atoms with E-state index in [4.69, 9.17) is 15.0 Å². The van der Waals surface area contributed by atoms with Gasteiger partial charge in [-0.15, -0.1) is 0 Å². The Balaban J connectivity index is 2.22. The minimum absolute atomic E-state index is 0.126. The number of ether oxygens (including phenoxy) is 1. The summed E-state index contributed by atoms with van der Waals surface area (Å²) in [4.78, 5) is 2.26. The van der Waals surface area contributed by atoms with Gasteiger partial charge in [0.25, 0.3) is 11.3 Å². The third-order valence-corrected chi connectivity index (χ3v) is 4.10. The first kappa shape index (κ1) is 16.2. The molecule has 0 spiro atoms. The Morgan fingerprint density at radius 3 is 2.76 bits per heavy atom. The number of likely N-dealkylation sites (tertiary alicyclic amines) is 1. The van der Waals surface area contributed by atoms with E-state index in [9.17, 15) is 4.21 Å². The number of anilines is 1. The molecule has 8 heteroatoms. The predicted molar refractivity (Wildman–Crippen MR) is 86.0 cm³/mol. The Morgan fingerprint density at radius 2 is 2.19 bits per heavy atom. The van der Waals surface area contributed by atoms with Gasteiger partial charge in [0, 0.05) is 18.4 Å². The minimum Gasteiger partial charge on any atom is -0.490 e. The molecule has 1 aromatic rings. The van der Waals surface area contributed by atoms with Crippen LogP contribution in [0, 0.1) is 0 Å². The van der Waals surface area contributed by atoms with Crippen LogP contribution in [0.1, 0.15) is 18.4 Å². The van der Waals surface area contributed by atoms with E-state index in [-0.39, 0.29) is 6.10 Å². The van der Waals surface area contributed by atoms with Gasteiger partial charge in [-0.2, -0.15) is 0 Å². The molecule has 2 rings (SSSR count). The fraction of sp³-hybridized carbons (Fsp3) is 0.462. The van der Waals surface area contributed by atoms with Gasteiger partial charge < -0.3 is 15.4 Å². The third kappa shape index (κ3) is 4.37. The van der Waals surface area contributed by atoms with Gasteiger partial charge in [0.05, 0.1) is 21.1 Å². The molecule has 0 aromatic heterocycles. The van der Waals surface area contributed by atoms with Gasteiger partial charge in [0.2, 0.25) is 0 Å². The van der Waals surface area contributed by atoms with Crippen LogP contribution in [0.15, 0.2) is 18.2 Å². The molecule has 1 atom stereocenters. The summed E-state index contributed by atoms with van der Waals surface area (Å²) < 4.78 is 28.5. The summed E-state index contributed by atoms with van der Waals surface area (Å²) in [7, 11) is 5.38. The number of rotatable bonds is 5. The van der Waals surface area contributed by atoms with Crippen LogP contribution in [0.4, 0.5) is 5.69 Å². The van der Waals surface area contributed by atoms with Gasteiger partial charge in [-0.3, -0.25) is 9.27 Å². The highest BCUT2D eigenvalue weighted by molar-refractivity contribution is 7.80. The Bertz CT molecular complexity index is 547. The number of benzene rings is 1. The third-order valence-electron chi connectivity index (χ3n) is 3.45. The van der Waals surface area contributed by atoms with Crippen molar-refractivity contribution in [3.63, 3.8) is 0 Å². The first-order valence-corrected chi connectivity index (χ1v) is 8.28. The lowest BCUT2D eigenvalue weighted by Gasteiger charge is -2.30. The number of piperidine rings is 1. The van der Waals surface area contributed by atoms with Gasteiger partial charge >= 0.3 is 0 Å². The molecule has 2 radical (unpaired) electrons. The molecule has 1 unspecified atom stereocenters. The Kier molecular flexibility index (Phi) is 5.51. The predicted octanol–water partition coefficient (Wildman–Crippen LogP) is 0.313. The largest absolute Gasteiger partial charge is 0.490 e. The Labute approximate surface area is 130 Å². The lowest BCUT2D eigenvalue weighted by molar-refractivity contribution is 0.114. The number of nitrogens with zero attached hydrogens (tertiary/aromatic N) is 1. The SMILES string of the molecule is CN1CCC(Oc2cccc(NS(=O)O)c2C(N)=[Si])CC1. The topological polar surface area (TPSA) is 87.8 Å². The zero-order chi connectivity index (χ0) is 15.4. The maximum Gasteiger partial charge on any atom is 0.259 e. The van der Waals surface area contributed by atoms with E-state index >= 15 is 0 Å². The zero-order valence-corrected chi connectivity index (χ0v) is 13.7. The zero-order valence-electron chi connectivity index (χ0n) is 11.8. The van der Waals surface area contributed by atoms with Crippen molar-refractivity contribution in [3.05, 3.63) is 23.8 Å². The normalized spacial score (nSPS) is 18.2. The lowest BCUT2D eigenvalue weighted by atomic mass is 10.1. The van der Waals surface area contributed by atoms with E-state index in [0.717, 1.165) is 25.9 Å². The van der Waals surface area contributed by atoms with E-state index in [2.05, 4.69) is 26.5 Å². The highest BCUT2D eigenvalue weighted by Crippen LogP contribution is 2.28. The van der Waals surface area contributed by atoms with Crippen LogP contribution < -0.4 is 15.2 Å². The molecule has 1 aliphatic heterocycles. The Morgan fingerprint density at radius 1 is 1.52 bits per heavy atom. The monoisotopic (exact) mass is 325 g/mol. The number of nitrogens with one attached hydrogen (secondary N) is 1. The van der Waals surface area contributed by atoms with Crippen LogP contribution in [-0.2, 0) is 11.3 Å². The minimum atomic E-state index is -2.17. The highest BCUT2D eigenvalue weighted by Gasteiger charge is 2.20. The van der Waals surface area contributed by atoms with Gasteiger partial charge in [-0.05, 0) is 32.0 Å². The standard InChI is InChI=1S/C13H19N3O3SSi/c1-16-7-5-9(6-8-16)19-11-4-2-3-10(15-20(17)18)12(11)13(14)21/h2-4,9,15H,5-8,14H2,1H3,(H,17,18). The molecule has 1 aromatic carbocycles.